The number of oxazole rings is 1. The number of carbonyl (C=O) groups is 1. The SMILES string of the molecule is COc1ccc(-c2nc(-c3cccs3)c(CC(=O)O)o2)cc1. The van der Waals surface area contributed by atoms with Crippen LogP contribution in [0, 0.1) is 0 Å². The van der Waals surface area contributed by atoms with E-state index in [4.69, 9.17) is 14.3 Å². The van der Waals surface area contributed by atoms with E-state index in [1.165, 1.54) is 11.3 Å². The molecule has 1 aromatic carbocycles. The van der Waals surface area contributed by atoms with Crippen LogP contribution in [0.15, 0.2) is 46.2 Å². The summed E-state index contributed by atoms with van der Waals surface area (Å²) in [6.07, 6.45) is -0.198. The van der Waals surface area contributed by atoms with Crippen LogP contribution in [0.1, 0.15) is 5.76 Å². The first-order valence-electron chi connectivity index (χ1n) is 6.57. The molecule has 0 atom stereocenters. The quantitative estimate of drug-likeness (QED) is 0.777. The number of nitrogens with zero attached hydrogens (tertiary/aromatic N) is 1. The van der Waals surface area contributed by atoms with Crippen LogP contribution in [0.25, 0.3) is 22.0 Å². The molecule has 0 saturated heterocycles. The van der Waals surface area contributed by atoms with Gasteiger partial charge in [-0.15, -0.1) is 11.3 Å². The van der Waals surface area contributed by atoms with Crippen molar-refractivity contribution < 1.29 is 19.1 Å². The molecule has 0 aliphatic carbocycles. The van der Waals surface area contributed by atoms with Crippen molar-refractivity contribution >= 4 is 17.3 Å². The van der Waals surface area contributed by atoms with Gasteiger partial charge in [-0.3, -0.25) is 4.79 Å². The van der Waals surface area contributed by atoms with Crippen molar-refractivity contribution in [1.82, 2.24) is 4.98 Å². The van der Waals surface area contributed by atoms with E-state index in [1.807, 2.05) is 29.6 Å². The highest BCUT2D eigenvalue weighted by molar-refractivity contribution is 7.13. The zero-order valence-electron chi connectivity index (χ0n) is 11.8. The first kappa shape index (κ1) is 14.3. The smallest absolute Gasteiger partial charge is 0.311 e. The lowest BCUT2D eigenvalue weighted by Gasteiger charge is -1.99. The molecule has 112 valence electrons. The normalized spacial score (nSPS) is 10.6. The van der Waals surface area contributed by atoms with Crippen molar-refractivity contribution in [1.29, 1.82) is 0 Å². The minimum atomic E-state index is -0.949. The molecule has 0 aliphatic rings. The number of hydrogen-bond donors (Lipinski definition) is 1. The molecule has 0 aliphatic heterocycles. The molecule has 0 fully saturated rings. The summed E-state index contributed by atoms with van der Waals surface area (Å²) in [5, 5.41) is 11.0. The number of carboxylic acid groups (broad SMARTS) is 1. The van der Waals surface area contributed by atoms with E-state index in [2.05, 4.69) is 4.98 Å². The van der Waals surface area contributed by atoms with Crippen molar-refractivity contribution in [3.63, 3.8) is 0 Å². The van der Waals surface area contributed by atoms with Gasteiger partial charge in [-0.2, -0.15) is 0 Å². The van der Waals surface area contributed by atoms with Crippen molar-refractivity contribution in [3.05, 3.63) is 47.5 Å². The Kier molecular flexibility index (Phi) is 3.93. The van der Waals surface area contributed by atoms with Crippen LogP contribution in [0.2, 0.25) is 0 Å². The van der Waals surface area contributed by atoms with Crippen molar-refractivity contribution in [2.45, 2.75) is 6.42 Å². The Morgan fingerprint density at radius 2 is 2.09 bits per heavy atom. The summed E-state index contributed by atoms with van der Waals surface area (Å²) in [6, 6.07) is 11.1. The summed E-state index contributed by atoms with van der Waals surface area (Å²) in [4.78, 5) is 16.4. The number of hydrogen-bond acceptors (Lipinski definition) is 5. The third kappa shape index (κ3) is 2.87. The van der Waals surface area contributed by atoms with Crippen LogP contribution in [0.5, 0.6) is 5.75 Å². The molecule has 5 nitrogen and oxygen atoms in total. The number of benzene rings is 1. The Balaban J connectivity index is 2.03. The largest absolute Gasteiger partial charge is 0.497 e. The number of ether oxygens (including phenoxy) is 1. The number of aliphatic carboxylic acids is 1. The van der Waals surface area contributed by atoms with E-state index in [9.17, 15) is 4.79 Å². The Morgan fingerprint density at radius 1 is 1.32 bits per heavy atom. The van der Waals surface area contributed by atoms with Gasteiger partial charge < -0.3 is 14.3 Å². The van der Waals surface area contributed by atoms with Gasteiger partial charge in [0.25, 0.3) is 0 Å². The highest BCUT2D eigenvalue weighted by atomic mass is 32.1. The second-order valence-corrected chi connectivity index (χ2v) is 5.51. The molecular formula is C16H13NO4S. The number of thiophene rings is 1. The summed E-state index contributed by atoms with van der Waals surface area (Å²) in [5.74, 6) is 0.554. The van der Waals surface area contributed by atoms with E-state index in [-0.39, 0.29) is 6.42 Å². The molecular weight excluding hydrogens is 302 g/mol. The maximum atomic E-state index is 11.0. The van der Waals surface area contributed by atoms with E-state index in [0.29, 0.717) is 17.3 Å². The summed E-state index contributed by atoms with van der Waals surface area (Å²) < 4.78 is 10.8. The Hall–Kier alpha value is -2.60. The zero-order valence-corrected chi connectivity index (χ0v) is 12.6. The zero-order chi connectivity index (χ0) is 15.5. The topological polar surface area (TPSA) is 72.6 Å². The number of carboxylic acids is 1. The summed E-state index contributed by atoms with van der Waals surface area (Å²) in [6.45, 7) is 0. The molecule has 0 unspecified atom stereocenters. The average Bonchev–Trinajstić information content (AvgIpc) is 3.16. The van der Waals surface area contributed by atoms with Crippen LogP contribution in [0.3, 0.4) is 0 Å². The Bertz CT molecular complexity index is 775. The third-order valence-electron chi connectivity index (χ3n) is 3.10. The van der Waals surface area contributed by atoms with Crippen molar-refractivity contribution in [3.8, 4) is 27.8 Å². The summed E-state index contributed by atoms with van der Waals surface area (Å²) in [7, 11) is 1.60. The fraction of sp³-hybridized carbons (Fsp3) is 0.125. The fourth-order valence-electron chi connectivity index (χ4n) is 2.07. The third-order valence-corrected chi connectivity index (χ3v) is 3.98. The van der Waals surface area contributed by atoms with Crippen LogP contribution in [-0.4, -0.2) is 23.2 Å². The fourth-order valence-corrected chi connectivity index (χ4v) is 2.80. The van der Waals surface area contributed by atoms with E-state index < -0.39 is 5.97 Å². The molecule has 0 saturated carbocycles. The lowest BCUT2D eigenvalue weighted by molar-refractivity contribution is -0.136. The molecule has 3 aromatic rings. The van der Waals surface area contributed by atoms with Gasteiger partial charge in [0.05, 0.1) is 12.0 Å². The lowest BCUT2D eigenvalue weighted by Crippen LogP contribution is -1.99. The molecule has 22 heavy (non-hydrogen) atoms. The lowest BCUT2D eigenvalue weighted by atomic mass is 10.2. The minimum Gasteiger partial charge on any atom is -0.497 e. The summed E-state index contributed by atoms with van der Waals surface area (Å²) >= 11 is 1.50. The van der Waals surface area contributed by atoms with Crippen molar-refractivity contribution in [2.24, 2.45) is 0 Å². The molecule has 1 N–H and O–H groups in total. The molecule has 0 spiro atoms. The number of rotatable bonds is 5. The molecule has 2 heterocycles. The maximum Gasteiger partial charge on any atom is 0.311 e. The van der Waals surface area contributed by atoms with Gasteiger partial charge in [0.1, 0.15) is 23.6 Å². The van der Waals surface area contributed by atoms with Gasteiger partial charge in [0, 0.05) is 5.56 Å². The number of methoxy groups -OCH3 is 1. The van der Waals surface area contributed by atoms with Gasteiger partial charge in [-0.05, 0) is 35.7 Å². The van der Waals surface area contributed by atoms with Gasteiger partial charge in [-0.1, -0.05) is 6.07 Å². The highest BCUT2D eigenvalue weighted by Crippen LogP contribution is 2.32. The average molecular weight is 315 g/mol. The monoisotopic (exact) mass is 315 g/mol. The predicted molar refractivity (Wildman–Crippen MR) is 83.1 cm³/mol. The van der Waals surface area contributed by atoms with Crippen LogP contribution in [-0.2, 0) is 11.2 Å². The standard InChI is InChI=1S/C16H13NO4S/c1-20-11-6-4-10(5-7-11)16-17-15(13-3-2-8-22-13)12(21-16)9-14(18)19/h2-8H,9H2,1H3,(H,18,19). The summed E-state index contributed by atoms with van der Waals surface area (Å²) in [5.41, 5.74) is 1.36. The first-order chi connectivity index (χ1) is 10.7. The second-order valence-electron chi connectivity index (χ2n) is 4.57. The Labute approximate surface area is 130 Å². The first-order valence-corrected chi connectivity index (χ1v) is 7.45. The van der Waals surface area contributed by atoms with Crippen LogP contribution in [0.4, 0.5) is 0 Å². The van der Waals surface area contributed by atoms with Gasteiger partial charge >= 0.3 is 5.97 Å². The van der Waals surface area contributed by atoms with Gasteiger partial charge in [-0.25, -0.2) is 4.98 Å². The second kappa shape index (κ2) is 6.03. The molecule has 2 aromatic heterocycles. The minimum absolute atomic E-state index is 0.198. The van der Waals surface area contributed by atoms with Crippen LogP contribution < -0.4 is 4.74 Å². The Morgan fingerprint density at radius 3 is 2.68 bits per heavy atom. The molecule has 6 heteroatoms. The van der Waals surface area contributed by atoms with Crippen LogP contribution >= 0.6 is 11.3 Å². The molecule has 0 amide bonds. The predicted octanol–water partition coefficient (Wildman–Crippen LogP) is 3.71. The number of aromatic nitrogens is 1. The van der Waals surface area contributed by atoms with E-state index >= 15 is 0 Å². The van der Waals surface area contributed by atoms with Crippen molar-refractivity contribution in [2.75, 3.05) is 7.11 Å². The maximum absolute atomic E-state index is 11.0. The van der Waals surface area contributed by atoms with Gasteiger partial charge in [0.15, 0.2) is 0 Å². The molecule has 0 radical (unpaired) electrons. The van der Waals surface area contributed by atoms with Gasteiger partial charge in [0.2, 0.25) is 5.89 Å². The molecule has 0 bridgehead atoms. The van der Waals surface area contributed by atoms with E-state index in [0.717, 1.165) is 16.2 Å². The van der Waals surface area contributed by atoms with E-state index in [1.54, 1.807) is 19.2 Å². The highest BCUT2D eigenvalue weighted by Gasteiger charge is 2.19. The molecule has 3 rings (SSSR count).